The number of hydrogen-bond donors (Lipinski definition) is 0. The van der Waals surface area contributed by atoms with Crippen molar-refractivity contribution in [3.05, 3.63) is 29.5 Å². The standard InChI is InChI=1S/C14H18N4O4S/c1-9-13(12(6-22-8-19)23(4,20)21)14(16-7-15-9)11-5-17-18(3)10(11)2/h5,7-8,12H,6H2,1-4H3. The second-order valence-electron chi connectivity index (χ2n) is 5.24. The van der Waals surface area contributed by atoms with Crippen LogP contribution in [0.4, 0.5) is 0 Å². The van der Waals surface area contributed by atoms with E-state index in [4.69, 9.17) is 4.74 Å². The minimum Gasteiger partial charge on any atom is -0.466 e. The number of aromatic nitrogens is 4. The van der Waals surface area contributed by atoms with Gasteiger partial charge in [-0.05, 0) is 13.8 Å². The molecule has 0 spiro atoms. The fourth-order valence-electron chi connectivity index (χ4n) is 2.36. The number of sulfone groups is 1. The number of carbonyl (C=O) groups is 1. The summed E-state index contributed by atoms with van der Waals surface area (Å²) in [7, 11) is -1.75. The molecule has 2 aromatic heterocycles. The van der Waals surface area contributed by atoms with E-state index >= 15 is 0 Å². The van der Waals surface area contributed by atoms with Gasteiger partial charge in [0.1, 0.15) is 18.2 Å². The van der Waals surface area contributed by atoms with Gasteiger partial charge < -0.3 is 4.74 Å². The van der Waals surface area contributed by atoms with Gasteiger partial charge in [-0.1, -0.05) is 0 Å². The summed E-state index contributed by atoms with van der Waals surface area (Å²) >= 11 is 0. The molecule has 124 valence electrons. The van der Waals surface area contributed by atoms with Gasteiger partial charge in [0.15, 0.2) is 9.84 Å². The van der Waals surface area contributed by atoms with Crippen LogP contribution in [0.2, 0.25) is 0 Å². The van der Waals surface area contributed by atoms with Crippen LogP contribution in [-0.4, -0.2) is 47.5 Å². The summed E-state index contributed by atoms with van der Waals surface area (Å²) in [6.07, 6.45) is 4.10. The van der Waals surface area contributed by atoms with Gasteiger partial charge in [0.25, 0.3) is 6.47 Å². The molecule has 2 rings (SSSR count). The fourth-order valence-corrected chi connectivity index (χ4v) is 3.40. The lowest BCUT2D eigenvalue weighted by Gasteiger charge is -2.19. The monoisotopic (exact) mass is 338 g/mol. The molecule has 0 N–H and O–H groups in total. The molecule has 0 bridgehead atoms. The summed E-state index contributed by atoms with van der Waals surface area (Å²) in [5.74, 6) is 0. The minimum atomic E-state index is -3.54. The third kappa shape index (κ3) is 3.39. The van der Waals surface area contributed by atoms with E-state index in [9.17, 15) is 13.2 Å². The van der Waals surface area contributed by atoms with Crippen molar-refractivity contribution in [1.82, 2.24) is 19.7 Å². The number of hydrogen-bond acceptors (Lipinski definition) is 7. The molecular formula is C14H18N4O4S. The lowest BCUT2D eigenvalue weighted by molar-refractivity contribution is -0.128. The Balaban J connectivity index is 2.70. The van der Waals surface area contributed by atoms with Crippen molar-refractivity contribution in [2.45, 2.75) is 19.1 Å². The van der Waals surface area contributed by atoms with Gasteiger partial charge in [-0.2, -0.15) is 5.10 Å². The van der Waals surface area contributed by atoms with E-state index < -0.39 is 15.1 Å². The molecular weight excluding hydrogens is 320 g/mol. The first kappa shape index (κ1) is 17.1. The smallest absolute Gasteiger partial charge is 0.293 e. The topological polar surface area (TPSA) is 104 Å². The highest BCUT2D eigenvalue weighted by Gasteiger charge is 2.30. The van der Waals surface area contributed by atoms with Crippen LogP contribution in [0.5, 0.6) is 0 Å². The third-order valence-electron chi connectivity index (χ3n) is 3.73. The Labute approximate surface area is 134 Å². The molecule has 0 fully saturated rings. The van der Waals surface area contributed by atoms with Gasteiger partial charge in [0.2, 0.25) is 0 Å². The number of ether oxygens (including phenoxy) is 1. The Hall–Kier alpha value is -2.29. The molecule has 0 aliphatic carbocycles. The average Bonchev–Trinajstić information content (AvgIpc) is 2.79. The summed E-state index contributed by atoms with van der Waals surface area (Å²) in [4.78, 5) is 18.9. The second kappa shape index (κ2) is 6.45. The number of nitrogens with zero attached hydrogens (tertiary/aromatic N) is 4. The maximum absolute atomic E-state index is 12.2. The van der Waals surface area contributed by atoms with Crippen molar-refractivity contribution in [2.75, 3.05) is 12.9 Å². The molecule has 2 heterocycles. The van der Waals surface area contributed by atoms with Crippen molar-refractivity contribution in [3.8, 4) is 11.3 Å². The van der Waals surface area contributed by atoms with Gasteiger partial charge in [-0.15, -0.1) is 0 Å². The van der Waals surface area contributed by atoms with Crippen LogP contribution < -0.4 is 0 Å². The largest absolute Gasteiger partial charge is 0.466 e. The predicted octanol–water partition coefficient (Wildman–Crippen LogP) is 0.753. The zero-order valence-corrected chi connectivity index (χ0v) is 14.2. The molecule has 0 aromatic carbocycles. The van der Waals surface area contributed by atoms with E-state index in [1.54, 1.807) is 24.9 Å². The second-order valence-corrected chi connectivity index (χ2v) is 7.46. The lowest BCUT2D eigenvalue weighted by Crippen LogP contribution is -2.20. The van der Waals surface area contributed by atoms with Crippen LogP contribution in [0.25, 0.3) is 11.3 Å². The minimum absolute atomic E-state index is 0.228. The molecule has 0 aliphatic heterocycles. The van der Waals surface area contributed by atoms with Crippen molar-refractivity contribution in [1.29, 1.82) is 0 Å². The Morgan fingerprint density at radius 1 is 1.35 bits per heavy atom. The van der Waals surface area contributed by atoms with Crippen LogP contribution in [0.15, 0.2) is 12.5 Å². The molecule has 0 aliphatic rings. The van der Waals surface area contributed by atoms with Crippen LogP contribution in [-0.2, 0) is 26.4 Å². The molecule has 2 aromatic rings. The predicted molar refractivity (Wildman–Crippen MR) is 83.3 cm³/mol. The molecule has 9 heteroatoms. The third-order valence-corrected chi connectivity index (χ3v) is 5.13. The zero-order valence-electron chi connectivity index (χ0n) is 13.3. The summed E-state index contributed by atoms with van der Waals surface area (Å²) < 4.78 is 30.8. The van der Waals surface area contributed by atoms with Crippen LogP contribution in [0.1, 0.15) is 22.2 Å². The van der Waals surface area contributed by atoms with Gasteiger partial charge in [0, 0.05) is 35.8 Å². The van der Waals surface area contributed by atoms with Crippen molar-refractivity contribution in [2.24, 2.45) is 7.05 Å². The Bertz CT molecular complexity index is 829. The van der Waals surface area contributed by atoms with Gasteiger partial charge in [-0.3, -0.25) is 9.48 Å². The first-order chi connectivity index (χ1) is 10.8. The van der Waals surface area contributed by atoms with E-state index in [0.717, 1.165) is 11.9 Å². The van der Waals surface area contributed by atoms with Crippen molar-refractivity contribution >= 4 is 16.3 Å². The highest BCUT2D eigenvalue weighted by atomic mass is 32.2. The van der Waals surface area contributed by atoms with Crippen molar-refractivity contribution in [3.63, 3.8) is 0 Å². The molecule has 0 amide bonds. The highest BCUT2D eigenvalue weighted by molar-refractivity contribution is 7.91. The molecule has 1 unspecified atom stereocenters. The molecule has 0 saturated carbocycles. The summed E-state index contributed by atoms with van der Waals surface area (Å²) in [5.41, 5.74) is 2.98. The van der Waals surface area contributed by atoms with Gasteiger partial charge in [-0.25, -0.2) is 18.4 Å². The SMILES string of the molecule is Cc1ncnc(-c2cnn(C)c2C)c1C(COC=O)S(C)(=O)=O. The zero-order chi connectivity index (χ0) is 17.2. The lowest BCUT2D eigenvalue weighted by atomic mass is 10.0. The molecule has 0 radical (unpaired) electrons. The summed E-state index contributed by atoms with van der Waals surface area (Å²) in [5, 5.41) is 3.13. The van der Waals surface area contributed by atoms with Crippen LogP contribution in [0, 0.1) is 13.8 Å². The normalized spacial score (nSPS) is 12.9. The number of carbonyl (C=O) groups excluding carboxylic acids is 1. The summed E-state index contributed by atoms with van der Waals surface area (Å²) in [6.45, 7) is 3.50. The van der Waals surface area contributed by atoms with E-state index in [2.05, 4.69) is 15.1 Å². The van der Waals surface area contributed by atoms with E-state index in [1.165, 1.54) is 6.33 Å². The Kier molecular flexibility index (Phi) is 4.79. The number of aryl methyl sites for hydroxylation is 2. The van der Waals surface area contributed by atoms with Crippen molar-refractivity contribution < 1.29 is 17.9 Å². The first-order valence-corrected chi connectivity index (χ1v) is 8.77. The highest BCUT2D eigenvalue weighted by Crippen LogP contribution is 2.33. The number of rotatable bonds is 6. The Morgan fingerprint density at radius 2 is 2.04 bits per heavy atom. The van der Waals surface area contributed by atoms with Crippen LogP contribution in [0.3, 0.4) is 0 Å². The van der Waals surface area contributed by atoms with Gasteiger partial charge >= 0.3 is 0 Å². The summed E-state index contributed by atoms with van der Waals surface area (Å²) in [6, 6.07) is 0. The van der Waals surface area contributed by atoms with E-state index in [-0.39, 0.29) is 13.1 Å². The maximum atomic E-state index is 12.2. The fraction of sp³-hybridized carbons (Fsp3) is 0.429. The maximum Gasteiger partial charge on any atom is 0.293 e. The molecule has 23 heavy (non-hydrogen) atoms. The molecule has 8 nitrogen and oxygen atoms in total. The average molecular weight is 338 g/mol. The molecule has 0 saturated heterocycles. The Morgan fingerprint density at radius 3 is 2.57 bits per heavy atom. The van der Waals surface area contributed by atoms with Crippen LogP contribution >= 0.6 is 0 Å². The van der Waals surface area contributed by atoms with E-state index in [0.29, 0.717) is 22.5 Å². The first-order valence-electron chi connectivity index (χ1n) is 6.82. The quantitative estimate of drug-likeness (QED) is 0.716. The van der Waals surface area contributed by atoms with E-state index in [1.807, 2.05) is 6.92 Å². The molecule has 1 atom stereocenters. The van der Waals surface area contributed by atoms with Gasteiger partial charge in [0.05, 0.1) is 11.9 Å².